The second-order valence-electron chi connectivity index (χ2n) is 15.3. The van der Waals surface area contributed by atoms with Gasteiger partial charge >= 0.3 is 0 Å². The molecule has 0 aliphatic rings. The largest absolute Gasteiger partial charge is 0.496 e. The molecule has 0 amide bonds. The van der Waals surface area contributed by atoms with Gasteiger partial charge in [-0.15, -0.1) is 0 Å². The zero-order valence-corrected chi connectivity index (χ0v) is 31.0. The number of rotatable bonds is 15. The van der Waals surface area contributed by atoms with E-state index in [1.54, 1.807) is 14.2 Å². The van der Waals surface area contributed by atoms with Crippen molar-refractivity contribution in [2.75, 3.05) is 20.8 Å². The molecule has 0 saturated carbocycles. The molecule has 1 aromatic carbocycles. The summed E-state index contributed by atoms with van der Waals surface area (Å²) in [6, 6.07) is 4.23. The van der Waals surface area contributed by atoms with Crippen LogP contribution in [-0.2, 0) is 15.3 Å². The molecule has 0 spiro atoms. The average Bonchev–Trinajstić information content (AvgIpc) is 2.83. The molecule has 1 N–H and O–H groups in total. The fourth-order valence-corrected chi connectivity index (χ4v) is 7.21. The zero-order valence-electron chi connectivity index (χ0n) is 29.0. The van der Waals surface area contributed by atoms with Crippen molar-refractivity contribution < 1.29 is 23.4 Å². The summed E-state index contributed by atoms with van der Waals surface area (Å²) in [5, 5.41) is 11.8. The number of benzene rings is 1. The first-order valence-electron chi connectivity index (χ1n) is 15.3. The average molecular weight is 597 g/mol. The second-order valence-corrected chi connectivity index (χ2v) is 24.9. The van der Waals surface area contributed by atoms with Gasteiger partial charge in [0.25, 0.3) is 0 Å². The molecule has 5 atom stereocenters. The van der Waals surface area contributed by atoms with Gasteiger partial charge in [-0.05, 0) is 92.0 Å². The van der Waals surface area contributed by atoms with Crippen LogP contribution >= 0.6 is 0 Å². The molecular weight excluding hydrogens is 533 g/mol. The lowest BCUT2D eigenvalue weighted by Gasteiger charge is -2.44. The van der Waals surface area contributed by atoms with Crippen LogP contribution in [0.25, 0.3) is 0 Å². The topological polar surface area (TPSA) is 57.2 Å². The van der Waals surface area contributed by atoms with Crippen LogP contribution in [0.4, 0.5) is 0 Å². The van der Waals surface area contributed by atoms with Crippen LogP contribution in [-0.4, -0.2) is 54.8 Å². The highest BCUT2D eigenvalue weighted by Crippen LogP contribution is 2.41. The number of aliphatic hydroxyl groups excluding tert-OH is 1. The second kappa shape index (κ2) is 14.5. The Morgan fingerprint density at radius 3 is 1.70 bits per heavy atom. The van der Waals surface area contributed by atoms with Crippen molar-refractivity contribution in [2.24, 2.45) is 17.8 Å². The van der Waals surface area contributed by atoms with E-state index in [1.807, 2.05) is 6.92 Å². The first-order valence-corrected chi connectivity index (χ1v) is 21.1. The van der Waals surface area contributed by atoms with Gasteiger partial charge in [0.05, 0.1) is 26.4 Å². The third kappa shape index (κ3) is 10.1. The molecule has 0 radical (unpaired) electrons. The van der Waals surface area contributed by atoms with Gasteiger partial charge in [0.1, 0.15) is 11.5 Å². The molecule has 0 aliphatic carbocycles. The molecule has 234 valence electrons. The first kappa shape index (κ1) is 37.2. The number of methoxy groups -OCH3 is 2. The Labute approximate surface area is 250 Å². The van der Waals surface area contributed by atoms with Gasteiger partial charge in [-0.3, -0.25) is 0 Å². The summed E-state index contributed by atoms with van der Waals surface area (Å²) < 4.78 is 24.8. The van der Waals surface area contributed by atoms with Gasteiger partial charge in [0, 0.05) is 18.1 Å². The molecule has 0 saturated heterocycles. The van der Waals surface area contributed by atoms with E-state index >= 15 is 0 Å². The van der Waals surface area contributed by atoms with Gasteiger partial charge in [0.2, 0.25) is 0 Å². The first-order chi connectivity index (χ1) is 18.1. The maximum Gasteiger partial charge on any atom is 0.192 e. The lowest BCUT2D eigenvalue weighted by atomic mass is 9.83. The number of ether oxygens (including phenoxy) is 2. The van der Waals surface area contributed by atoms with Crippen LogP contribution in [0.2, 0.25) is 36.3 Å². The summed E-state index contributed by atoms with van der Waals surface area (Å²) in [5.41, 5.74) is 2.17. The fourth-order valence-electron chi connectivity index (χ4n) is 4.59. The number of hydrogen-bond acceptors (Lipinski definition) is 5. The predicted molar refractivity (Wildman–Crippen MR) is 176 cm³/mol. The Bertz CT molecular complexity index is 891. The van der Waals surface area contributed by atoms with Gasteiger partial charge in [-0.25, -0.2) is 0 Å². The minimum atomic E-state index is -2.07. The Balaban J connectivity index is 3.10. The quantitative estimate of drug-likeness (QED) is 0.205. The van der Waals surface area contributed by atoms with Crippen LogP contribution in [0.15, 0.2) is 12.1 Å². The molecule has 7 heteroatoms. The lowest BCUT2D eigenvalue weighted by Crippen LogP contribution is -2.49. The lowest BCUT2D eigenvalue weighted by molar-refractivity contribution is -0.00483. The monoisotopic (exact) mass is 596 g/mol. The Hall–Kier alpha value is -0.866. The zero-order chi connectivity index (χ0) is 31.3. The highest BCUT2D eigenvalue weighted by atomic mass is 28.4. The van der Waals surface area contributed by atoms with E-state index in [1.165, 1.54) is 0 Å². The third-order valence-corrected chi connectivity index (χ3v) is 18.8. The number of hydrogen-bond donors (Lipinski definition) is 1. The SMILES string of the molecule is COc1cc(C[C@H](C)[C@@H](O[Si](C)(C)C(C)(C)C)[C@@H](C)[C@H](O)CC[C@H](C)CO[Si](C)(C)C(C)(C)C)cc(OC)c1C. The molecule has 1 aromatic rings. The smallest absolute Gasteiger partial charge is 0.192 e. The Morgan fingerprint density at radius 1 is 0.800 bits per heavy atom. The third-order valence-electron chi connectivity index (χ3n) is 9.78. The number of aliphatic hydroxyl groups is 1. The van der Waals surface area contributed by atoms with Crippen LogP contribution in [0.1, 0.15) is 86.3 Å². The van der Waals surface area contributed by atoms with E-state index in [4.69, 9.17) is 18.3 Å². The van der Waals surface area contributed by atoms with Crippen LogP contribution < -0.4 is 9.47 Å². The van der Waals surface area contributed by atoms with E-state index in [0.717, 1.165) is 48.5 Å². The maximum atomic E-state index is 11.5. The summed E-state index contributed by atoms with van der Waals surface area (Å²) in [4.78, 5) is 0. The van der Waals surface area contributed by atoms with Gasteiger partial charge in [0.15, 0.2) is 16.6 Å². The summed E-state index contributed by atoms with van der Waals surface area (Å²) in [6.45, 7) is 32.4. The van der Waals surface area contributed by atoms with Gasteiger partial charge in [-0.1, -0.05) is 62.3 Å². The molecule has 0 heterocycles. The van der Waals surface area contributed by atoms with Crippen molar-refractivity contribution in [1.29, 1.82) is 0 Å². The molecule has 40 heavy (non-hydrogen) atoms. The van der Waals surface area contributed by atoms with Crippen molar-refractivity contribution in [3.8, 4) is 11.5 Å². The van der Waals surface area contributed by atoms with Crippen LogP contribution in [0, 0.1) is 24.7 Å². The Kier molecular flexibility index (Phi) is 13.5. The molecule has 5 nitrogen and oxygen atoms in total. The van der Waals surface area contributed by atoms with Crippen molar-refractivity contribution in [3.63, 3.8) is 0 Å². The standard InChI is InChI=1S/C33H64O5Si2/c1-23(22-37-39(13,14)32(5,6)7)17-18-28(34)25(3)31(38-40(15,16)33(8,9)10)24(2)19-27-20-29(35-11)26(4)30(21-27)36-12/h20-21,23-25,28,31,34H,17-19,22H2,1-16H3/t23-,24-,25-,28+,31+/m0/s1. The predicted octanol–water partition coefficient (Wildman–Crippen LogP) is 9.02. The molecule has 0 aliphatic heterocycles. The molecule has 0 unspecified atom stereocenters. The summed E-state index contributed by atoms with van der Waals surface area (Å²) >= 11 is 0. The molecular formula is C33H64O5Si2. The molecule has 0 bridgehead atoms. The van der Waals surface area contributed by atoms with E-state index in [9.17, 15) is 5.11 Å². The maximum absolute atomic E-state index is 11.5. The van der Waals surface area contributed by atoms with Crippen LogP contribution in [0.5, 0.6) is 11.5 Å². The van der Waals surface area contributed by atoms with E-state index in [0.29, 0.717) is 5.92 Å². The molecule has 0 aromatic heterocycles. The highest BCUT2D eigenvalue weighted by molar-refractivity contribution is 6.74. The summed E-state index contributed by atoms with van der Waals surface area (Å²) in [7, 11) is -0.440. The van der Waals surface area contributed by atoms with Crippen molar-refractivity contribution in [3.05, 3.63) is 23.3 Å². The van der Waals surface area contributed by atoms with E-state index < -0.39 is 22.7 Å². The van der Waals surface area contributed by atoms with Gasteiger partial charge < -0.3 is 23.4 Å². The molecule has 0 fully saturated rings. The molecule has 1 rings (SSSR count). The van der Waals surface area contributed by atoms with Crippen molar-refractivity contribution in [2.45, 2.75) is 137 Å². The van der Waals surface area contributed by atoms with Gasteiger partial charge in [-0.2, -0.15) is 0 Å². The van der Waals surface area contributed by atoms with Crippen LogP contribution in [0.3, 0.4) is 0 Å². The minimum Gasteiger partial charge on any atom is -0.496 e. The summed E-state index contributed by atoms with van der Waals surface area (Å²) in [5.74, 6) is 2.29. The van der Waals surface area contributed by atoms with E-state index in [-0.39, 0.29) is 28.0 Å². The minimum absolute atomic E-state index is 0.00636. The van der Waals surface area contributed by atoms with Crippen molar-refractivity contribution >= 4 is 16.6 Å². The fraction of sp³-hybridized carbons (Fsp3) is 0.818. The van der Waals surface area contributed by atoms with Crippen molar-refractivity contribution in [1.82, 2.24) is 0 Å². The van der Waals surface area contributed by atoms with E-state index in [2.05, 4.69) is 101 Å². The Morgan fingerprint density at radius 2 is 1.27 bits per heavy atom. The summed E-state index contributed by atoms with van der Waals surface area (Å²) in [6.07, 6.45) is 2.01. The normalized spacial score (nSPS) is 17.2. The highest BCUT2D eigenvalue weighted by Gasteiger charge is 2.43.